The first kappa shape index (κ1) is 15.5. The summed E-state index contributed by atoms with van der Waals surface area (Å²) in [6, 6.07) is 7.54. The van der Waals surface area contributed by atoms with E-state index in [1.165, 1.54) is 0 Å². The number of amides is 1. The van der Waals surface area contributed by atoms with Gasteiger partial charge in [0.1, 0.15) is 5.75 Å². The van der Waals surface area contributed by atoms with Crippen molar-refractivity contribution in [1.82, 2.24) is 20.4 Å². The second-order valence-electron chi connectivity index (χ2n) is 5.62. The molecule has 1 aromatic heterocycles. The average molecular weight is 316 g/mol. The van der Waals surface area contributed by atoms with Gasteiger partial charge >= 0.3 is 0 Å². The van der Waals surface area contributed by atoms with Crippen LogP contribution < -0.4 is 10.1 Å². The van der Waals surface area contributed by atoms with Crippen LogP contribution in [0.15, 0.2) is 28.8 Å². The van der Waals surface area contributed by atoms with E-state index < -0.39 is 0 Å². The molecule has 1 N–H and O–H groups in total. The van der Waals surface area contributed by atoms with Gasteiger partial charge in [0, 0.05) is 32.6 Å². The van der Waals surface area contributed by atoms with Crippen molar-refractivity contribution >= 4 is 5.91 Å². The van der Waals surface area contributed by atoms with Gasteiger partial charge in [-0.05, 0) is 19.1 Å². The molecule has 1 aromatic carbocycles. The fourth-order valence-electron chi connectivity index (χ4n) is 2.60. The zero-order chi connectivity index (χ0) is 16.2. The number of piperazine rings is 1. The van der Waals surface area contributed by atoms with Crippen LogP contribution in [0.25, 0.3) is 0 Å². The SMILES string of the molecule is Cc1nc(COc2ccccc2C(=O)N2CCNC(C)C2)no1. The molecule has 0 aliphatic carbocycles. The number of carbonyl (C=O) groups excluding carboxylic acids is 1. The quantitative estimate of drug-likeness (QED) is 0.918. The lowest BCUT2D eigenvalue weighted by Crippen LogP contribution is -2.51. The maximum absolute atomic E-state index is 12.7. The van der Waals surface area contributed by atoms with Gasteiger partial charge in [0.25, 0.3) is 5.91 Å². The van der Waals surface area contributed by atoms with Crippen molar-refractivity contribution in [2.45, 2.75) is 26.5 Å². The van der Waals surface area contributed by atoms with Crippen LogP contribution in [0.4, 0.5) is 0 Å². The highest BCUT2D eigenvalue weighted by molar-refractivity contribution is 5.97. The Bertz CT molecular complexity index is 685. The smallest absolute Gasteiger partial charge is 0.257 e. The van der Waals surface area contributed by atoms with Crippen LogP contribution in [0.2, 0.25) is 0 Å². The van der Waals surface area contributed by atoms with E-state index >= 15 is 0 Å². The monoisotopic (exact) mass is 316 g/mol. The number of para-hydroxylation sites is 1. The van der Waals surface area contributed by atoms with Crippen molar-refractivity contribution < 1.29 is 14.1 Å². The molecule has 0 saturated carbocycles. The van der Waals surface area contributed by atoms with Crippen molar-refractivity contribution in [2.24, 2.45) is 0 Å². The average Bonchev–Trinajstić information content (AvgIpc) is 2.98. The molecule has 1 atom stereocenters. The third-order valence-electron chi connectivity index (χ3n) is 3.70. The molecule has 0 radical (unpaired) electrons. The zero-order valence-corrected chi connectivity index (χ0v) is 13.3. The van der Waals surface area contributed by atoms with Crippen molar-refractivity contribution in [3.05, 3.63) is 41.5 Å². The van der Waals surface area contributed by atoms with Crippen molar-refractivity contribution in [1.29, 1.82) is 0 Å². The summed E-state index contributed by atoms with van der Waals surface area (Å²) in [5.41, 5.74) is 0.557. The Morgan fingerprint density at radius 3 is 3.04 bits per heavy atom. The van der Waals surface area contributed by atoms with Gasteiger partial charge in [-0.1, -0.05) is 17.3 Å². The number of aromatic nitrogens is 2. The van der Waals surface area contributed by atoms with Gasteiger partial charge in [0.15, 0.2) is 6.61 Å². The molecule has 2 heterocycles. The summed E-state index contributed by atoms with van der Waals surface area (Å²) >= 11 is 0. The molecule has 23 heavy (non-hydrogen) atoms. The summed E-state index contributed by atoms with van der Waals surface area (Å²) in [4.78, 5) is 18.7. The highest BCUT2D eigenvalue weighted by Gasteiger charge is 2.24. The number of nitrogens with one attached hydrogen (secondary N) is 1. The Morgan fingerprint density at radius 1 is 1.48 bits per heavy atom. The lowest BCUT2D eigenvalue weighted by atomic mass is 10.1. The number of benzene rings is 1. The maximum Gasteiger partial charge on any atom is 0.257 e. The highest BCUT2D eigenvalue weighted by atomic mass is 16.5. The van der Waals surface area contributed by atoms with E-state index in [9.17, 15) is 4.79 Å². The lowest BCUT2D eigenvalue weighted by Gasteiger charge is -2.32. The van der Waals surface area contributed by atoms with E-state index in [1.54, 1.807) is 19.1 Å². The number of carbonyl (C=O) groups is 1. The minimum atomic E-state index is -0.0155. The van der Waals surface area contributed by atoms with Gasteiger partial charge in [-0.15, -0.1) is 0 Å². The number of hydrogen-bond donors (Lipinski definition) is 1. The minimum Gasteiger partial charge on any atom is -0.485 e. The van der Waals surface area contributed by atoms with Crippen LogP contribution >= 0.6 is 0 Å². The van der Waals surface area contributed by atoms with Gasteiger partial charge in [-0.3, -0.25) is 4.79 Å². The molecule has 122 valence electrons. The van der Waals surface area contributed by atoms with Gasteiger partial charge in [0.05, 0.1) is 5.56 Å². The van der Waals surface area contributed by atoms with Crippen molar-refractivity contribution in [2.75, 3.05) is 19.6 Å². The van der Waals surface area contributed by atoms with E-state index in [0.29, 0.717) is 42.2 Å². The van der Waals surface area contributed by atoms with Gasteiger partial charge in [-0.25, -0.2) is 0 Å². The number of hydrogen-bond acceptors (Lipinski definition) is 6. The zero-order valence-electron chi connectivity index (χ0n) is 13.3. The van der Waals surface area contributed by atoms with E-state index in [-0.39, 0.29) is 12.5 Å². The van der Waals surface area contributed by atoms with Crippen LogP contribution in [-0.2, 0) is 6.61 Å². The molecule has 1 fully saturated rings. The molecule has 2 aromatic rings. The van der Waals surface area contributed by atoms with Crippen LogP contribution in [0.5, 0.6) is 5.75 Å². The summed E-state index contributed by atoms with van der Waals surface area (Å²) in [6.45, 7) is 6.15. The number of aryl methyl sites for hydroxylation is 1. The van der Waals surface area contributed by atoms with Crippen LogP contribution in [0, 0.1) is 6.92 Å². The number of ether oxygens (including phenoxy) is 1. The molecule has 1 aliphatic heterocycles. The summed E-state index contributed by atoms with van der Waals surface area (Å²) in [7, 11) is 0. The van der Waals surface area contributed by atoms with Crippen LogP contribution in [-0.4, -0.2) is 46.6 Å². The molecule has 1 aliphatic rings. The van der Waals surface area contributed by atoms with E-state index in [1.807, 2.05) is 17.0 Å². The van der Waals surface area contributed by atoms with E-state index in [2.05, 4.69) is 22.4 Å². The second kappa shape index (κ2) is 6.78. The first-order chi connectivity index (χ1) is 11.1. The Morgan fingerprint density at radius 2 is 2.30 bits per heavy atom. The van der Waals surface area contributed by atoms with Crippen molar-refractivity contribution in [3.63, 3.8) is 0 Å². The third kappa shape index (κ3) is 3.68. The first-order valence-electron chi connectivity index (χ1n) is 7.67. The van der Waals surface area contributed by atoms with E-state index in [4.69, 9.17) is 9.26 Å². The van der Waals surface area contributed by atoms with Crippen LogP contribution in [0.1, 0.15) is 29.0 Å². The summed E-state index contributed by atoms with van der Waals surface area (Å²) in [5.74, 6) is 1.47. The predicted molar refractivity (Wildman–Crippen MR) is 83.2 cm³/mol. The summed E-state index contributed by atoms with van der Waals surface area (Å²) in [6.07, 6.45) is 0. The Labute approximate surface area is 134 Å². The number of rotatable bonds is 4. The first-order valence-corrected chi connectivity index (χ1v) is 7.67. The summed E-state index contributed by atoms with van der Waals surface area (Å²) < 4.78 is 10.6. The van der Waals surface area contributed by atoms with Crippen LogP contribution in [0.3, 0.4) is 0 Å². The Hall–Kier alpha value is -2.41. The third-order valence-corrected chi connectivity index (χ3v) is 3.70. The van der Waals surface area contributed by atoms with E-state index in [0.717, 1.165) is 6.54 Å². The molecule has 7 heteroatoms. The molecule has 3 rings (SSSR count). The normalized spacial score (nSPS) is 18.0. The summed E-state index contributed by atoms with van der Waals surface area (Å²) in [5, 5.41) is 7.12. The predicted octanol–water partition coefficient (Wildman–Crippen LogP) is 1.39. The fraction of sp³-hybridized carbons (Fsp3) is 0.438. The minimum absolute atomic E-state index is 0.0155. The van der Waals surface area contributed by atoms with Crippen molar-refractivity contribution in [3.8, 4) is 5.75 Å². The fourth-order valence-corrected chi connectivity index (χ4v) is 2.60. The number of nitrogens with zero attached hydrogens (tertiary/aromatic N) is 3. The van der Waals surface area contributed by atoms with Gasteiger partial charge < -0.3 is 19.5 Å². The molecule has 1 saturated heterocycles. The molecule has 7 nitrogen and oxygen atoms in total. The molecular formula is C16H20N4O3. The molecular weight excluding hydrogens is 296 g/mol. The topological polar surface area (TPSA) is 80.5 Å². The Kier molecular flexibility index (Phi) is 4.57. The standard InChI is InChI=1S/C16H20N4O3/c1-11-9-20(8-7-17-11)16(21)13-5-3-4-6-14(13)22-10-15-18-12(2)23-19-15/h3-6,11,17H,7-10H2,1-2H3. The second-order valence-corrected chi connectivity index (χ2v) is 5.62. The maximum atomic E-state index is 12.7. The molecule has 0 spiro atoms. The highest BCUT2D eigenvalue weighted by Crippen LogP contribution is 2.21. The largest absolute Gasteiger partial charge is 0.485 e. The van der Waals surface area contributed by atoms with Gasteiger partial charge in [-0.2, -0.15) is 4.98 Å². The molecule has 1 unspecified atom stereocenters. The lowest BCUT2D eigenvalue weighted by molar-refractivity contribution is 0.0704. The molecule has 0 bridgehead atoms. The Balaban J connectivity index is 1.73. The molecule has 1 amide bonds. The van der Waals surface area contributed by atoms with Gasteiger partial charge in [0.2, 0.25) is 11.7 Å².